The van der Waals surface area contributed by atoms with Crippen LogP contribution >= 0.6 is 11.8 Å². The first-order chi connectivity index (χ1) is 9.63. The fourth-order valence-corrected chi connectivity index (χ4v) is 2.62. The number of ketones is 2. The molecule has 2 rings (SSSR count). The maximum absolute atomic E-state index is 12.0. The van der Waals surface area contributed by atoms with Gasteiger partial charge in [0.1, 0.15) is 0 Å². The minimum absolute atomic E-state index is 0.00671. The van der Waals surface area contributed by atoms with Gasteiger partial charge >= 0.3 is 0 Å². The molecular formula is C13H14N2O4S. The Hall–Kier alpha value is -1.89. The average molecular weight is 294 g/mol. The highest BCUT2D eigenvalue weighted by atomic mass is 32.2. The minimum Gasteiger partial charge on any atom is -0.356 e. The number of hydrogen-bond donors (Lipinski definition) is 1. The summed E-state index contributed by atoms with van der Waals surface area (Å²) in [5.41, 5.74) is 0.222. The normalized spacial score (nSPS) is 13.9. The van der Waals surface area contributed by atoms with Crippen molar-refractivity contribution in [3.63, 3.8) is 0 Å². The smallest absolute Gasteiger partial charge is 0.225 e. The summed E-state index contributed by atoms with van der Waals surface area (Å²) in [7, 11) is 0. The van der Waals surface area contributed by atoms with Crippen LogP contribution in [0, 0.1) is 0 Å². The first kappa shape index (κ1) is 14.5. The summed E-state index contributed by atoms with van der Waals surface area (Å²) in [4.78, 5) is 35.1. The van der Waals surface area contributed by atoms with E-state index in [-0.39, 0.29) is 28.8 Å². The molecular weight excluding hydrogens is 280 g/mol. The zero-order valence-electron chi connectivity index (χ0n) is 11.0. The monoisotopic (exact) mass is 294 g/mol. The van der Waals surface area contributed by atoms with E-state index in [0.717, 1.165) is 6.42 Å². The van der Waals surface area contributed by atoms with Crippen molar-refractivity contribution in [3.05, 3.63) is 28.5 Å². The van der Waals surface area contributed by atoms with Crippen molar-refractivity contribution in [1.82, 2.24) is 10.5 Å². The van der Waals surface area contributed by atoms with Gasteiger partial charge in [-0.2, -0.15) is 0 Å². The Kier molecular flexibility index (Phi) is 4.73. The van der Waals surface area contributed by atoms with E-state index in [1.54, 1.807) is 6.92 Å². The van der Waals surface area contributed by atoms with E-state index in [0.29, 0.717) is 23.6 Å². The summed E-state index contributed by atoms with van der Waals surface area (Å²) in [6, 6.07) is 0. The van der Waals surface area contributed by atoms with E-state index in [2.05, 4.69) is 10.5 Å². The summed E-state index contributed by atoms with van der Waals surface area (Å²) < 4.78 is 4.75. The molecule has 0 unspecified atom stereocenters. The Labute approximate surface area is 120 Å². The molecule has 106 valence electrons. The lowest BCUT2D eigenvalue weighted by molar-refractivity contribution is -0.120. The molecule has 1 aromatic heterocycles. The third-order valence-electron chi connectivity index (χ3n) is 2.75. The van der Waals surface area contributed by atoms with Gasteiger partial charge in [0.2, 0.25) is 23.2 Å². The molecule has 1 aromatic rings. The molecule has 1 aliphatic carbocycles. The molecule has 0 radical (unpaired) electrons. The average Bonchev–Trinajstić information content (AvgIpc) is 2.93. The van der Waals surface area contributed by atoms with Gasteiger partial charge in [-0.1, -0.05) is 12.1 Å². The number of carbonyl (C=O) groups is 3. The van der Waals surface area contributed by atoms with Gasteiger partial charge in [0.25, 0.3) is 0 Å². The second-order valence-electron chi connectivity index (χ2n) is 4.18. The Morgan fingerprint density at radius 2 is 2.25 bits per heavy atom. The number of nitrogens with zero attached hydrogens (tertiary/aromatic N) is 1. The van der Waals surface area contributed by atoms with Gasteiger partial charge in [-0.3, -0.25) is 14.4 Å². The molecule has 0 aromatic carbocycles. The second-order valence-corrected chi connectivity index (χ2v) is 5.31. The van der Waals surface area contributed by atoms with Crippen LogP contribution in [-0.2, 0) is 4.79 Å². The lowest BCUT2D eigenvalue weighted by Crippen LogP contribution is -2.23. The molecule has 0 atom stereocenters. The van der Waals surface area contributed by atoms with Crippen LogP contribution in [0.3, 0.4) is 0 Å². The van der Waals surface area contributed by atoms with Gasteiger partial charge in [-0.15, -0.1) is 11.8 Å². The van der Waals surface area contributed by atoms with Crippen molar-refractivity contribution < 1.29 is 18.9 Å². The number of nitrogens with one attached hydrogen (secondary N) is 1. The first-order valence-corrected chi connectivity index (χ1v) is 7.27. The predicted octanol–water partition coefficient (Wildman–Crippen LogP) is 1.59. The van der Waals surface area contributed by atoms with Crippen LogP contribution in [0.4, 0.5) is 0 Å². The van der Waals surface area contributed by atoms with Crippen LogP contribution in [0.5, 0.6) is 0 Å². The summed E-state index contributed by atoms with van der Waals surface area (Å²) in [5, 5.41) is 6.22. The number of carbonyl (C=O) groups excluding carboxylic acids is 3. The molecule has 0 spiro atoms. The lowest BCUT2D eigenvalue weighted by atomic mass is 10.0. The second kappa shape index (κ2) is 6.51. The fourth-order valence-electron chi connectivity index (χ4n) is 1.68. The zero-order valence-corrected chi connectivity index (χ0v) is 11.8. The Bertz CT molecular complexity index is 577. The number of aromatic nitrogens is 1. The quantitative estimate of drug-likeness (QED) is 0.801. The molecule has 7 heteroatoms. The van der Waals surface area contributed by atoms with Crippen molar-refractivity contribution in [3.8, 4) is 0 Å². The van der Waals surface area contributed by atoms with Crippen LogP contribution < -0.4 is 5.32 Å². The topological polar surface area (TPSA) is 89.3 Å². The third-order valence-corrected chi connectivity index (χ3v) is 3.85. The van der Waals surface area contributed by atoms with Gasteiger partial charge in [-0.05, 0) is 12.2 Å². The summed E-state index contributed by atoms with van der Waals surface area (Å²) in [6.07, 6.45) is 3.74. The molecule has 0 saturated carbocycles. The molecule has 1 N–H and O–H groups in total. The zero-order chi connectivity index (χ0) is 14.5. The molecule has 1 amide bonds. The summed E-state index contributed by atoms with van der Waals surface area (Å²) in [6.45, 7) is 2.35. The van der Waals surface area contributed by atoms with Crippen LogP contribution in [0.1, 0.15) is 40.7 Å². The number of rotatable bonds is 6. The van der Waals surface area contributed by atoms with Crippen LogP contribution in [0.2, 0.25) is 0 Å². The Morgan fingerprint density at radius 3 is 3.00 bits per heavy atom. The summed E-state index contributed by atoms with van der Waals surface area (Å²) in [5.74, 6) is 0.0966. The Balaban J connectivity index is 1.84. The number of hydrogen-bond acceptors (Lipinski definition) is 6. The van der Waals surface area contributed by atoms with Gasteiger partial charge < -0.3 is 9.84 Å². The number of allylic oxidation sites excluding steroid dienone is 2. The largest absolute Gasteiger partial charge is 0.356 e. The number of amides is 1. The van der Waals surface area contributed by atoms with E-state index in [1.165, 1.54) is 24.0 Å². The number of fused-ring (bicyclic) bond motifs is 1. The van der Waals surface area contributed by atoms with Crippen LogP contribution in [0.15, 0.2) is 21.7 Å². The molecule has 1 heterocycles. The van der Waals surface area contributed by atoms with E-state index in [4.69, 9.17) is 4.52 Å². The van der Waals surface area contributed by atoms with Crippen molar-refractivity contribution in [2.75, 3.05) is 12.3 Å². The highest BCUT2D eigenvalue weighted by Gasteiger charge is 2.29. The number of Topliss-reactive ketones (excluding diaryl/α,β-unsaturated/α-hetero) is 1. The molecule has 0 saturated heterocycles. The van der Waals surface area contributed by atoms with Crippen molar-refractivity contribution in [2.45, 2.75) is 19.8 Å². The fraction of sp³-hybridized carbons (Fsp3) is 0.385. The predicted molar refractivity (Wildman–Crippen MR) is 73.6 cm³/mol. The maximum Gasteiger partial charge on any atom is 0.225 e. The van der Waals surface area contributed by atoms with Gasteiger partial charge in [0, 0.05) is 19.0 Å². The van der Waals surface area contributed by atoms with Gasteiger partial charge in [-0.25, -0.2) is 0 Å². The highest BCUT2D eigenvalue weighted by molar-refractivity contribution is 8.04. The third kappa shape index (κ3) is 3.16. The van der Waals surface area contributed by atoms with E-state index >= 15 is 0 Å². The summed E-state index contributed by atoms with van der Waals surface area (Å²) >= 11 is 1.31. The first-order valence-electron chi connectivity index (χ1n) is 6.28. The van der Waals surface area contributed by atoms with Crippen LogP contribution in [0.25, 0.3) is 0 Å². The standard InChI is InChI=1S/C13H14N2O4S/c1-2-11(17)14-4-3-5-20-10-6-9(16)13-8(12(10)18)7-15-19-13/h6-7H,2-5H2,1H3,(H,14,17). The highest BCUT2D eigenvalue weighted by Crippen LogP contribution is 2.28. The molecule has 20 heavy (non-hydrogen) atoms. The molecule has 0 bridgehead atoms. The van der Waals surface area contributed by atoms with Crippen molar-refractivity contribution in [1.29, 1.82) is 0 Å². The van der Waals surface area contributed by atoms with Crippen LogP contribution in [-0.4, -0.2) is 34.9 Å². The minimum atomic E-state index is -0.334. The SMILES string of the molecule is CCC(=O)NCCCSC1=CC(=O)c2oncc2C1=O. The lowest BCUT2D eigenvalue weighted by Gasteiger charge is -2.09. The van der Waals surface area contributed by atoms with Gasteiger partial charge in [0.05, 0.1) is 16.7 Å². The Morgan fingerprint density at radius 1 is 1.45 bits per heavy atom. The maximum atomic E-state index is 12.0. The van der Waals surface area contributed by atoms with Crippen molar-refractivity contribution in [2.24, 2.45) is 0 Å². The molecule has 0 fully saturated rings. The van der Waals surface area contributed by atoms with Gasteiger partial charge in [0.15, 0.2) is 0 Å². The molecule has 0 aliphatic heterocycles. The van der Waals surface area contributed by atoms with E-state index in [1.807, 2.05) is 0 Å². The number of thioether (sulfide) groups is 1. The van der Waals surface area contributed by atoms with E-state index < -0.39 is 0 Å². The molecule has 6 nitrogen and oxygen atoms in total. The van der Waals surface area contributed by atoms with Crippen molar-refractivity contribution >= 4 is 29.2 Å². The van der Waals surface area contributed by atoms with E-state index in [9.17, 15) is 14.4 Å². The molecule has 1 aliphatic rings.